The predicted octanol–water partition coefficient (Wildman–Crippen LogP) is 7.69. The summed E-state index contributed by atoms with van der Waals surface area (Å²) in [7, 11) is 0. The Morgan fingerprint density at radius 2 is 1.27 bits per heavy atom. The molecule has 2 heteroatoms. The molecule has 0 bridgehead atoms. The Balaban J connectivity index is 0.954. The van der Waals surface area contributed by atoms with Crippen LogP contribution in [-0.2, 0) is 6.51 Å². The van der Waals surface area contributed by atoms with E-state index < -0.39 is 6.51 Å². The molecule has 0 aromatic heterocycles. The molecular weight excluding hydrogens is 423 g/mol. The van der Waals surface area contributed by atoms with E-state index in [1.54, 1.807) is 53.0 Å². The average Bonchev–Trinajstić information content (AvgIpc) is 3.46. The van der Waals surface area contributed by atoms with Gasteiger partial charge in [0.15, 0.2) is 0 Å². The van der Waals surface area contributed by atoms with Gasteiger partial charge in [0.1, 0.15) is 0 Å². The summed E-state index contributed by atoms with van der Waals surface area (Å²) in [5.74, 6) is 0. The zero-order chi connectivity index (χ0) is 14.2. The summed E-state index contributed by atoms with van der Waals surface area (Å²) in [5, 5.41) is 0. The average molecular weight is 452 g/mol. The van der Waals surface area contributed by atoms with Gasteiger partial charge in [-0.2, -0.15) is 0 Å². The molecule has 5 unspecified atom stereocenters. The Bertz CT molecular complexity index is 929. The van der Waals surface area contributed by atoms with Crippen molar-refractivity contribution in [2.45, 2.75) is 110 Å². The summed E-state index contributed by atoms with van der Waals surface area (Å²) in [6.07, 6.45) is 12.2. The van der Waals surface area contributed by atoms with Gasteiger partial charge in [-0.15, -0.1) is 0 Å². The van der Waals surface area contributed by atoms with E-state index in [1.807, 2.05) is 0 Å². The van der Waals surface area contributed by atoms with Crippen LogP contribution in [0.4, 0.5) is 0 Å². The van der Waals surface area contributed by atoms with E-state index in [9.17, 15) is 0 Å². The third-order valence-corrected chi connectivity index (χ3v) is 62.2. The molecule has 0 amide bonds. The number of unbranched alkanes of at least 4 members (excludes halogenated alkanes) is 6. The molecule has 0 N–H and O–H groups in total. The molecule has 22 heavy (non-hydrogen) atoms. The van der Waals surface area contributed by atoms with Crippen LogP contribution in [0, 0.1) is 0 Å². The number of halogens is 1. The van der Waals surface area contributed by atoms with Gasteiger partial charge >= 0.3 is 139 Å². The second kappa shape index (κ2) is 1.23. The summed E-state index contributed by atoms with van der Waals surface area (Å²) < 4.78 is 2.36. The van der Waals surface area contributed by atoms with Crippen LogP contribution in [-0.4, -0.2) is 3.92 Å². The van der Waals surface area contributed by atoms with Gasteiger partial charge < -0.3 is 0 Å². The second-order valence-electron chi connectivity index (χ2n) is 13.1. The molecule has 10 heterocycles. The molecule has 10 aliphatic heterocycles. The third-order valence-electron chi connectivity index (χ3n) is 17.3. The van der Waals surface area contributed by atoms with Gasteiger partial charge in [-0.05, 0) is 0 Å². The SMILES string of the molecule is CCCCCCCCCC(I)[C]12[CH]3[CH]4[CH]5[CH]1[Fe]45321678[CH]2[CH]1[CH]6[CH]7[CH]28. The molecule has 1 spiro atoms. The molecule has 10 rings (SSSR count). The Labute approximate surface area is 138 Å². The first-order valence-corrected chi connectivity index (χ1v) is 17.9. The number of fused-ring (bicyclic) bond motifs is 10. The maximum absolute atomic E-state index is 3.03. The van der Waals surface area contributed by atoms with E-state index in [0.717, 1.165) is 0 Å². The van der Waals surface area contributed by atoms with Crippen LogP contribution in [0.3, 0.4) is 0 Å². The molecule has 0 saturated carbocycles. The van der Waals surface area contributed by atoms with Crippen molar-refractivity contribution in [3.63, 3.8) is 0 Å². The summed E-state index contributed by atoms with van der Waals surface area (Å²) >= 11 is 3.03. The van der Waals surface area contributed by atoms with Gasteiger partial charge in [0.05, 0.1) is 0 Å². The molecule has 10 saturated heterocycles. The van der Waals surface area contributed by atoms with Gasteiger partial charge in [0, 0.05) is 0 Å². The molecule has 10 fully saturated rings. The summed E-state index contributed by atoms with van der Waals surface area (Å²) in [6, 6.07) is 0. The Morgan fingerprint density at radius 3 is 1.68 bits per heavy atom. The maximum atomic E-state index is 3.03. The van der Waals surface area contributed by atoms with Gasteiger partial charge in [-0.25, -0.2) is 0 Å². The number of alkyl halides is 1. The first-order chi connectivity index (χ1) is 10.5. The summed E-state index contributed by atoms with van der Waals surface area (Å²) in [6.45, 7) is -0.409. The Hall–Kier alpha value is 1.25. The topological polar surface area (TPSA) is 0 Å². The third kappa shape index (κ3) is 0.166. The molecule has 5 atom stereocenters. The van der Waals surface area contributed by atoms with Crippen LogP contribution in [0.1, 0.15) is 58.3 Å². The fourth-order valence-electron chi connectivity index (χ4n) is 18.7. The van der Waals surface area contributed by atoms with Crippen molar-refractivity contribution in [3.8, 4) is 0 Å². The van der Waals surface area contributed by atoms with E-state index in [4.69, 9.17) is 0 Å². The molecular formula is C20H29FeI. The first-order valence-electron chi connectivity index (χ1n) is 10.4. The standard InChI is InChI=1S/C15H24I.C5H5.Fe/c1-2-3-4-5-6-7-8-13-15(16)14-11-9-10-12-14;1-2-4-5-3-1;/h9-12,15H,2-8,13H2,1H3;1-5H;. The molecule has 124 valence electrons. The van der Waals surface area contributed by atoms with Gasteiger partial charge in [0.2, 0.25) is 0 Å². The van der Waals surface area contributed by atoms with E-state index in [2.05, 4.69) is 29.5 Å². The fourth-order valence-corrected chi connectivity index (χ4v) is 100. The minimum atomic E-state index is -2.74. The zero-order valence-corrected chi connectivity index (χ0v) is 16.9. The number of hydrogen-bond acceptors (Lipinski definition) is 0. The molecule has 0 aliphatic carbocycles. The molecule has 0 radical (unpaired) electrons. The van der Waals surface area contributed by atoms with Gasteiger partial charge in [-0.3, -0.25) is 0 Å². The van der Waals surface area contributed by atoms with E-state index in [1.165, 1.54) is 50.0 Å². The van der Waals surface area contributed by atoms with Crippen LogP contribution >= 0.6 is 22.6 Å². The normalized spacial score (nSPS) is 96.4. The zero-order valence-electron chi connectivity index (χ0n) is 13.7. The first kappa shape index (κ1) is 11.1. The molecule has 0 nitrogen and oxygen atoms in total. The molecule has 0 aromatic rings. The summed E-state index contributed by atoms with van der Waals surface area (Å²) in [4.78, 5) is 13.8. The fraction of sp³-hybridized carbons (Fsp3) is 1.00. The van der Waals surface area contributed by atoms with E-state index in [-0.39, 0.29) is 0 Å². The van der Waals surface area contributed by atoms with Crippen molar-refractivity contribution in [1.29, 1.82) is 0 Å². The predicted molar refractivity (Wildman–Crippen MR) is 96.9 cm³/mol. The Kier molecular flexibility index (Phi) is 0.620. The van der Waals surface area contributed by atoms with Crippen molar-refractivity contribution in [2.75, 3.05) is 0 Å². The van der Waals surface area contributed by atoms with Crippen LogP contribution < -0.4 is 0 Å². The van der Waals surface area contributed by atoms with Gasteiger partial charge in [0.25, 0.3) is 0 Å². The van der Waals surface area contributed by atoms with Gasteiger partial charge in [-0.1, -0.05) is 0 Å². The molecule has 0 aromatic carbocycles. The van der Waals surface area contributed by atoms with Crippen molar-refractivity contribution in [2.24, 2.45) is 0 Å². The Morgan fingerprint density at radius 1 is 0.773 bits per heavy atom. The minimum absolute atomic E-state index is 1.18. The quantitative estimate of drug-likeness (QED) is 0.146. The van der Waals surface area contributed by atoms with Crippen molar-refractivity contribution >= 4 is 22.6 Å². The molecule has 10 aliphatic rings. The van der Waals surface area contributed by atoms with Crippen molar-refractivity contribution in [1.82, 2.24) is 0 Å². The van der Waals surface area contributed by atoms with Crippen LogP contribution in [0.25, 0.3) is 0 Å². The number of rotatable bonds is 9. The van der Waals surface area contributed by atoms with Crippen LogP contribution in [0.5, 0.6) is 0 Å². The van der Waals surface area contributed by atoms with Crippen molar-refractivity contribution in [3.05, 3.63) is 0 Å². The van der Waals surface area contributed by atoms with E-state index >= 15 is 0 Å². The second-order valence-corrected chi connectivity index (χ2v) is 38.2. The summed E-state index contributed by atoms with van der Waals surface area (Å²) in [5.41, 5.74) is 0. The monoisotopic (exact) mass is 452 g/mol. The van der Waals surface area contributed by atoms with Crippen LogP contribution in [0.15, 0.2) is 0 Å². The van der Waals surface area contributed by atoms with E-state index in [0.29, 0.717) is 0 Å². The van der Waals surface area contributed by atoms with Crippen LogP contribution in [0.2, 0.25) is 47.7 Å². The number of hydrogen-bond donors (Lipinski definition) is 0. The van der Waals surface area contributed by atoms with Crippen molar-refractivity contribution < 1.29 is 6.51 Å².